The van der Waals surface area contributed by atoms with Crippen LogP contribution in [0.25, 0.3) is 0 Å². The third-order valence-corrected chi connectivity index (χ3v) is 5.20. The molecule has 0 aromatic heterocycles. The number of carbonyl (C=O) groups excluding carboxylic acids is 5. The Labute approximate surface area is 186 Å². The average molecular weight is 447 g/mol. The summed E-state index contributed by atoms with van der Waals surface area (Å²) in [6.07, 6.45) is 6.57. The van der Waals surface area contributed by atoms with Gasteiger partial charge in [-0.15, -0.1) is 0 Å². The van der Waals surface area contributed by atoms with E-state index in [2.05, 4.69) is 17.2 Å². The van der Waals surface area contributed by atoms with Crippen molar-refractivity contribution in [3.05, 3.63) is 35.6 Å². The maximum Gasteiger partial charge on any atom is 0.265 e. The summed E-state index contributed by atoms with van der Waals surface area (Å²) in [4.78, 5) is 62.3. The lowest BCUT2D eigenvalue weighted by Gasteiger charge is -2.28. The highest BCUT2D eigenvalue weighted by atomic mass is 16.5. The van der Waals surface area contributed by atoms with Gasteiger partial charge in [0.2, 0.25) is 11.8 Å². The van der Waals surface area contributed by atoms with Crippen molar-refractivity contribution in [3.63, 3.8) is 0 Å². The first-order chi connectivity index (χ1) is 15.3. The van der Waals surface area contributed by atoms with Crippen molar-refractivity contribution < 1.29 is 28.7 Å². The maximum atomic E-state index is 13.0. The van der Waals surface area contributed by atoms with E-state index in [0.29, 0.717) is 13.1 Å². The van der Waals surface area contributed by atoms with E-state index in [9.17, 15) is 24.0 Å². The van der Waals surface area contributed by atoms with Crippen LogP contribution in [0.4, 0.5) is 0 Å². The first-order valence-electron chi connectivity index (χ1n) is 10.7. The number of nitrogens with zero attached hydrogens (tertiary/aromatic N) is 1. The Morgan fingerprint density at radius 2 is 1.94 bits per heavy atom. The molecule has 1 unspecified atom stereocenters. The summed E-state index contributed by atoms with van der Waals surface area (Å²) in [6, 6.07) is -1.08. The Balaban J connectivity index is 2.01. The Bertz CT molecular complexity index is 860. The number of hydrogen-bond donors (Lipinski definition) is 3. The summed E-state index contributed by atoms with van der Waals surface area (Å²) in [5, 5.41) is 4.88. The minimum Gasteiger partial charge on any atom is -0.483 e. The van der Waals surface area contributed by atoms with E-state index in [4.69, 9.17) is 10.5 Å². The number of nitrogens with two attached hydrogens (primary N) is 1. The average Bonchev–Trinajstić information content (AvgIpc) is 2.97. The summed E-state index contributed by atoms with van der Waals surface area (Å²) >= 11 is 0. The minimum absolute atomic E-state index is 0.0174. The van der Waals surface area contributed by atoms with Gasteiger partial charge in [0.15, 0.2) is 6.61 Å². The van der Waals surface area contributed by atoms with Crippen LogP contribution in [0.3, 0.4) is 0 Å². The van der Waals surface area contributed by atoms with Crippen LogP contribution in [0.5, 0.6) is 0 Å². The second kappa shape index (κ2) is 11.9. The third-order valence-electron chi connectivity index (χ3n) is 5.20. The van der Waals surface area contributed by atoms with Gasteiger partial charge < -0.3 is 15.8 Å². The Hall–Kier alpha value is -3.27. The molecule has 4 N–H and O–H groups in total. The number of piperidine rings is 1. The molecule has 1 fully saturated rings. The predicted octanol–water partition coefficient (Wildman–Crippen LogP) is 0.199. The quantitative estimate of drug-likeness (QED) is 0.168. The van der Waals surface area contributed by atoms with Gasteiger partial charge in [-0.05, 0) is 38.8 Å². The van der Waals surface area contributed by atoms with E-state index >= 15 is 0 Å². The van der Waals surface area contributed by atoms with Crippen LogP contribution in [0.15, 0.2) is 35.6 Å². The lowest BCUT2D eigenvalue weighted by Crippen LogP contribution is -2.54. The molecule has 0 bridgehead atoms. The molecule has 0 aromatic carbocycles. The van der Waals surface area contributed by atoms with Crippen molar-refractivity contribution in [2.45, 2.75) is 51.5 Å². The number of hydrogen-bond acceptors (Lipinski definition) is 7. The van der Waals surface area contributed by atoms with Crippen LogP contribution < -0.4 is 16.4 Å². The monoisotopic (exact) mass is 446 g/mol. The Morgan fingerprint density at radius 3 is 2.59 bits per heavy atom. The third kappa shape index (κ3) is 6.13. The number of imide groups is 2. The number of carbonyl (C=O) groups is 5. The van der Waals surface area contributed by atoms with Gasteiger partial charge in [-0.3, -0.25) is 34.2 Å². The van der Waals surface area contributed by atoms with Gasteiger partial charge >= 0.3 is 0 Å². The first-order valence-corrected chi connectivity index (χ1v) is 10.7. The molecule has 0 saturated carbocycles. The van der Waals surface area contributed by atoms with E-state index in [1.807, 2.05) is 0 Å². The summed E-state index contributed by atoms with van der Waals surface area (Å²) in [5.41, 5.74) is 5.50. The SMILES string of the molecule is C=C/C=C(/OCC(=O)NCCCCCCN)C1=C(C)C(=O)N(C2CCC(=O)NC2=O)C1=O. The van der Waals surface area contributed by atoms with E-state index in [0.717, 1.165) is 30.6 Å². The number of ether oxygens (including phenoxy) is 1. The molecule has 2 aliphatic rings. The van der Waals surface area contributed by atoms with Crippen LogP contribution in [-0.2, 0) is 28.7 Å². The number of amides is 5. The van der Waals surface area contributed by atoms with E-state index in [1.54, 1.807) is 0 Å². The van der Waals surface area contributed by atoms with Gasteiger partial charge in [0.05, 0.1) is 5.57 Å². The summed E-state index contributed by atoms with van der Waals surface area (Å²) < 4.78 is 5.54. The van der Waals surface area contributed by atoms with Crippen LogP contribution in [-0.4, -0.2) is 60.2 Å². The second-order valence-corrected chi connectivity index (χ2v) is 7.56. The molecular weight excluding hydrogens is 416 g/mol. The van der Waals surface area contributed by atoms with Gasteiger partial charge in [-0.25, -0.2) is 0 Å². The standard InChI is InChI=1S/C22H30N4O6/c1-3-8-16(32-13-18(28)24-12-7-5-4-6-11-23)19-14(2)21(30)26(22(19)31)15-9-10-17(27)25-20(15)29/h3,8,15H,1,4-7,9-13,23H2,2H3,(H,24,28)(H,25,27,29)/b16-8+. The lowest BCUT2D eigenvalue weighted by atomic mass is 10.0. The molecule has 10 nitrogen and oxygen atoms in total. The summed E-state index contributed by atoms with van der Waals surface area (Å²) in [5.74, 6) is -2.84. The molecule has 0 aromatic rings. The zero-order valence-electron chi connectivity index (χ0n) is 18.3. The highest BCUT2D eigenvalue weighted by Gasteiger charge is 2.46. The van der Waals surface area contributed by atoms with E-state index < -0.39 is 29.7 Å². The molecule has 10 heteroatoms. The first kappa shape index (κ1) is 25.0. The molecule has 2 rings (SSSR count). The number of allylic oxidation sites excluding steroid dienone is 2. The van der Waals surface area contributed by atoms with Crippen molar-refractivity contribution >= 4 is 29.5 Å². The number of unbranched alkanes of at least 4 members (excludes halogenated alkanes) is 3. The van der Waals surface area contributed by atoms with Crippen LogP contribution in [0.1, 0.15) is 45.4 Å². The molecule has 174 valence electrons. The van der Waals surface area contributed by atoms with Gasteiger partial charge in [-0.1, -0.05) is 25.5 Å². The summed E-state index contributed by atoms with van der Waals surface area (Å²) in [7, 11) is 0. The molecule has 1 atom stereocenters. The van der Waals surface area contributed by atoms with E-state index in [-0.39, 0.29) is 42.3 Å². The molecule has 32 heavy (non-hydrogen) atoms. The zero-order chi connectivity index (χ0) is 23.7. The topological polar surface area (TPSA) is 148 Å². The van der Waals surface area contributed by atoms with E-state index in [1.165, 1.54) is 19.1 Å². The molecule has 5 amide bonds. The highest BCUT2D eigenvalue weighted by molar-refractivity contribution is 6.23. The van der Waals surface area contributed by atoms with Crippen LogP contribution >= 0.6 is 0 Å². The molecule has 2 heterocycles. The maximum absolute atomic E-state index is 13.0. The zero-order valence-corrected chi connectivity index (χ0v) is 18.3. The van der Waals surface area contributed by atoms with Gasteiger partial charge in [0.1, 0.15) is 11.8 Å². The fourth-order valence-corrected chi connectivity index (χ4v) is 3.52. The van der Waals surface area contributed by atoms with Crippen molar-refractivity contribution in [2.24, 2.45) is 5.73 Å². The largest absolute Gasteiger partial charge is 0.483 e. The number of nitrogens with one attached hydrogen (secondary N) is 2. The van der Waals surface area contributed by atoms with Crippen LogP contribution in [0, 0.1) is 0 Å². The Kier molecular flexibility index (Phi) is 9.33. The second-order valence-electron chi connectivity index (χ2n) is 7.56. The molecule has 0 spiro atoms. The Morgan fingerprint density at radius 1 is 1.22 bits per heavy atom. The smallest absolute Gasteiger partial charge is 0.265 e. The normalized spacial score (nSPS) is 19.4. The lowest BCUT2D eigenvalue weighted by molar-refractivity contribution is -0.150. The molecule has 1 saturated heterocycles. The molecule has 0 aliphatic carbocycles. The molecule has 0 radical (unpaired) electrons. The minimum atomic E-state index is -1.08. The van der Waals surface area contributed by atoms with Gasteiger partial charge in [-0.2, -0.15) is 0 Å². The van der Waals surface area contributed by atoms with Gasteiger partial charge in [0.25, 0.3) is 17.7 Å². The highest BCUT2D eigenvalue weighted by Crippen LogP contribution is 2.30. The fraction of sp³-hybridized carbons (Fsp3) is 0.500. The summed E-state index contributed by atoms with van der Waals surface area (Å²) in [6.45, 7) is 5.83. The molecular formula is C22H30N4O6. The van der Waals surface area contributed by atoms with Crippen molar-refractivity contribution in [1.82, 2.24) is 15.5 Å². The number of rotatable bonds is 12. The fourth-order valence-electron chi connectivity index (χ4n) is 3.52. The van der Waals surface area contributed by atoms with Crippen molar-refractivity contribution in [3.8, 4) is 0 Å². The van der Waals surface area contributed by atoms with Crippen molar-refractivity contribution in [2.75, 3.05) is 19.7 Å². The predicted molar refractivity (Wildman–Crippen MR) is 115 cm³/mol. The van der Waals surface area contributed by atoms with Crippen LogP contribution in [0.2, 0.25) is 0 Å². The molecule has 2 aliphatic heterocycles. The van der Waals surface area contributed by atoms with Crippen molar-refractivity contribution in [1.29, 1.82) is 0 Å². The van der Waals surface area contributed by atoms with Gasteiger partial charge in [0, 0.05) is 18.5 Å².